The number of rotatable bonds is 4. The Bertz CT molecular complexity index is 478. The number of aryl methyl sites for hydroxylation is 1. The predicted octanol–water partition coefficient (Wildman–Crippen LogP) is 3.02. The van der Waals surface area contributed by atoms with Crippen LogP contribution in [-0.4, -0.2) is 26.5 Å². The number of benzene rings is 1. The molecule has 2 rings (SSSR count). The van der Waals surface area contributed by atoms with Crippen LogP contribution in [0.3, 0.4) is 0 Å². The van der Waals surface area contributed by atoms with Crippen molar-refractivity contribution in [3.8, 4) is 11.5 Å². The van der Waals surface area contributed by atoms with Gasteiger partial charge in [0.25, 0.3) is 0 Å². The Morgan fingerprint density at radius 1 is 1.28 bits per heavy atom. The van der Waals surface area contributed by atoms with Gasteiger partial charge < -0.3 is 9.47 Å². The molecule has 0 aromatic heterocycles. The van der Waals surface area contributed by atoms with Gasteiger partial charge in [0, 0.05) is 17.8 Å². The molecule has 1 aliphatic rings. The first-order chi connectivity index (χ1) is 8.72. The number of hydrogen-bond donors (Lipinski definition) is 0. The van der Waals surface area contributed by atoms with E-state index >= 15 is 0 Å². The lowest BCUT2D eigenvalue weighted by Crippen LogP contribution is -2.15. The van der Waals surface area contributed by atoms with E-state index in [9.17, 15) is 0 Å². The Kier molecular flexibility index (Phi) is 3.90. The van der Waals surface area contributed by atoms with Crippen molar-refractivity contribution in [2.75, 3.05) is 20.8 Å². The van der Waals surface area contributed by atoms with Gasteiger partial charge in [0.1, 0.15) is 0 Å². The van der Waals surface area contributed by atoms with Crippen molar-refractivity contribution in [3.05, 3.63) is 22.8 Å². The van der Waals surface area contributed by atoms with Crippen molar-refractivity contribution >= 4 is 5.71 Å². The average Bonchev–Trinajstić information content (AvgIpc) is 2.39. The van der Waals surface area contributed by atoms with Crippen LogP contribution in [0.4, 0.5) is 0 Å². The normalized spacial score (nSPS) is 13.9. The standard InChI is InChI=1S/C15H21NO2/c1-5-6-11-9-13(17-3)15(18-4)14-10(2)16-8-7-12(11)14/h9H,5-8H2,1-4H3. The third-order valence-electron chi connectivity index (χ3n) is 3.46. The molecule has 1 aromatic rings. The molecule has 1 aliphatic heterocycles. The second-order valence-electron chi connectivity index (χ2n) is 4.59. The summed E-state index contributed by atoms with van der Waals surface area (Å²) in [7, 11) is 3.38. The number of aliphatic imine (C=N–C) groups is 1. The van der Waals surface area contributed by atoms with E-state index in [1.807, 2.05) is 0 Å². The van der Waals surface area contributed by atoms with Crippen molar-refractivity contribution < 1.29 is 9.47 Å². The molecule has 0 saturated heterocycles. The Balaban J connectivity index is 2.67. The van der Waals surface area contributed by atoms with E-state index in [-0.39, 0.29) is 0 Å². The van der Waals surface area contributed by atoms with Crippen LogP contribution in [0.25, 0.3) is 0 Å². The van der Waals surface area contributed by atoms with Crippen molar-refractivity contribution in [2.24, 2.45) is 4.99 Å². The highest BCUT2D eigenvalue weighted by molar-refractivity contribution is 6.04. The van der Waals surface area contributed by atoms with E-state index in [4.69, 9.17) is 9.47 Å². The summed E-state index contributed by atoms with van der Waals surface area (Å²) in [4.78, 5) is 4.54. The first-order valence-electron chi connectivity index (χ1n) is 6.51. The minimum Gasteiger partial charge on any atom is -0.493 e. The number of ether oxygens (including phenoxy) is 2. The van der Waals surface area contributed by atoms with E-state index in [1.54, 1.807) is 14.2 Å². The molecule has 18 heavy (non-hydrogen) atoms. The second kappa shape index (κ2) is 5.42. The molecule has 0 atom stereocenters. The van der Waals surface area contributed by atoms with Gasteiger partial charge in [-0.3, -0.25) is 4.99 Å². The van der Waals surface area contributed by atoms with Gasteiger partial charge in [0.15, 0.2) is 11.5 Å². The van der Waals surface area contributed by atoms with Crippen LogP contribution in [-0.2, 0) is 12.8 Å². The minimum absolute atomic E-state index is 0.816. The van der Waals surface area contributed by atoms with Crippen LogP contribution >= 0.6 is 0 Å². The minimum atomic E-state index is 0.816. The van der Waals surface area contributed by atoms with Gasteiger partial charge >= 0.3 is 0 Å². The molecule has 0 aliphatic carbocycles. The summed E-state index contributed by atoms with van der Waals surface area (Å²) in [6.45, 7) is 5.13. The maximum Gasteiger partial charge on any atom is 0.170 e. The van der Waals surface area contributed by atoms with Crippen LogP contribution in [0.15, 0.2) is 11.1 Å². The average molecular weight is 247 g/mol. The molecule has 1 aromatic carbocycles. The van der Waals surface area contributed by atoms with E-state index in [2.05, 4.69) is 24.9 Å². The molecule has 0 bridgehead atoms. The number of nitrogens with zero attached hydrogens (tertiary/aromatic N) is 1. The molecule has 0 fully saturated rings. The third kappa shape index (κ3) is 2.09. The van der Waals surface area contributed by atoms with Crippen LogP contribution < -0.4 is 9.47 Å². The molecule has 3 nitrogen and oxygen atoms in total. The van der Waals surface area contributed by atoms with Crippen LogP contribution in [0, 0.1) is 0 Å². The molecule has 0 N–H and O–H groups in total. The fourth-order valence-corrected chi connectivity index (χ4v) is 2.66. The molecule has 0 unspecified atom stereocenters. The highest BCUT2D eigenvalue weighted by Gasteiger charge is 2.22. The van der Waals surface area contributed by atoms with E-state index in [0.29, 0.717) is 0 Å². The lowest BCUT2D eigenvalue weighted by Gasteiger charge is -2.23. The van der Waals surface area contributed by atoms with Gasteiger partial charge in [0.2, 0.25) is 0 Å². The molecule has 0 radical (unpaired) electrons. The molecule has 0 saturated carbocycles. The number of fused-ring (bicyclic) bond motifs is 1. The summed E-state index contributed by atoms with van der Waals surface area (Å²) in [5, 5.41) is 0. The summed E-state index contributed by atoms with van der Waals surface area (Å²) in [5.74, 6) is 1.64. The van der Waals surface area contributed by atoms with Crippen LogP contribution in [0.1, 0.15) is 37.0 Å². The van der Waals surface area contributed by atoms with Crippen LogP contribution in [0.5, 0.6) is 11.5 Å². The lowest BCUT2D eigenvalue weighted by molar-refractivity contribution is 0.353. The molecular formula is C15H21NO2. The van der Waals surface area contributed by atoms with Gasteiger partial charge in [-0.05, 0) is 37.0 Å². The van der Waals surface area contributed by atoms with Gasteiger partial charge in [-0.1, -0.05) is 13.3 Å². The zero-order valence-electron chi connectivity index (χ0n) is 11.7. The molecular weight excluding hydrogens is 226 g/mol. The lowest BCUT2D eigenvalue weighted by atomic mass is 9.90. The first kappa shape index (κ1) is 12.9. The van der Waals surface area contributed by atoms with Gasteiger partial charge in [-0.15, -0.1) is 0 Å². The molecule has 0 amide bonds. The number of hydrogen-bond acceptors (Lipinski definition) is 3. The summed E-state index contributed by atoms with van der Waals surface area (Å²) in [6.07, 6.45) is 3.22. The van der Waals surface area contributed by atoms with Gasteiger partial charge in [0.05, 0.1) is 14.2 Å². The monoisotopic (exact) mass is 247 g/mol. The first-order valence-corrected chi connectivity index (χ1v) is 6.51. The second-order valence-corrected chi connectivity index (χ2v) is 4.59. The Labute approximate surface area is 109 Å². The fourth-order valence-electron chi connectivity index (χ4n) is 2.66. The maximum atomic E-state index is 5.53. The molecule has 3 heteroatoms. The zero-order valence-corrected chi connectivity index (χ0v) is 11.7. The largest absolute Gasteiger partial charge is 0.493 e. The van der Waals surface area contributed by atoms with Gasteiger partial charge in [-0.2, -0.15) is 0 Å². The fraction of sp³-hybridized carbons (Fsp3) is 0.533. The summed E-state index contributed by atoms with van der Waals surface area (Å²) in [5.41, 5.74) is 4.97. The Morgan fingerprint density at radius 2 is 2.06 bits per heavy atom. The third-order valence-corrected chi connectivity index (χ3v) is 3.46. The van der Waals surface area contributed by atoms with E-state index < -0.39 is 0 Å². The smallest absolute Gasteiger partial charge is 0.170 e. The highest BCUT2D eigenvalue weighted by Crippen LogP contribution is 2.38. The maximum absolute atomic E-state index is 5.53. The summed E-state index contributed by atoms with van der Waals surface area (Å²) >= 11 is 0. The Hall–Kier alpha value is -1.51. The Morgan fingerprint density at radius 3 is 2.67 bits per heavy atom. The summed E-state index contributed by atoms with van der Waals surface area (Å²) in [6, 6.07) is 2.12. The van der Waals surface area contributed by atoms with Crippen molar-refractivity contribution in [2.45, 2.75) is 33.1 Å². The predicted molar refractivity (Wildman–Crippen MR) is 74.3 cm³/mol. The zero-order chi connectivity index (χ0) is 13.1. The van der Waals surface area contributed by atoms with Crippen LogP contribution in [0.2, 0.25) is 0 Å². The SMILES string of the molecule is CCCc1cc(OC)c(OC)c2c1CCN=C2C. The van der Waals surface area contributed by atoms with Crippen molar-refractivity contribution in [3.63, 3.8) is 0 Å². The van der Waals surface area contributed by atoms with Crippen molar-refractivity contribution in [1.82, 2.24) is 0 Å². The van der Waals surface area contributed by atoms with Gasteiger partial charge in [-0.25, -0.2) is 0 Å². The van der Waals surface area contributed by atoms with E-state index in [0.717, 1.165) is 48.6 Å². The topological polar surface area (TPSA) is 30.8 Å². The number of methoxy groups -OCH3 is 2. The molecule has 98 valence electrons. The quantitative estimate of drug-likeness (QED) is 0.819. The summed E-state index contributed by atoms with van der Waals surface area (Å²) < 4.78 is 11.0. The van der Waals surface area contributed by atoms with Crippen molar-refractivity contribution in [1.29, 1.82) is 0 Å². The highest BCUT2D eigenvalue weighted by atomic mass is 16.5. The van der Waals surface area contributed by atoms with E-state index in [1.165, 1.54) is 11.1 Å². The molecule has 0 spiro atoms. The molecule has 1 heterocycles.